The van der Waals surface area contributed by atoms with E-state index >= 15 is 13.2 Å². The Morgan fingerprint density at radius 2 is 1.07 bits per heavy atom. The first-order valence-corrected chi connectivity index (χ1v) is 16.2. The van der Waals surface area contributed by atoms with E-state index in [9.17, 15) is 4.39 Å². The molecular formula is C37H46F4O2. The molecule has 0 atom stereocenters. The van der Waals surface area contributed by atoms with Crippen molar-refractivity contribution in [3.8, 4) is 22.3 Å². The van der Waals surface area contributed by atoms with Crippen LogP contribution in [0, 0.1) is 23.3 Å². The molecule has 1 aliphatic heterocycles. The maximum absolute atomic E-state index is 15.3. The molecule has 234 valence electrons. The Kier molecular flexibility index (Phi) is 13.1. The summed E-state index contributed by atoms with van der Waals surface area (Å²) in [4.78, 5) is 0. The Hall–Kier alpha value is -2.70. The van der Waals surface area contributed by atoms with Crippen LogP contribution in [0.4, 0.5) is 17.6 Å². The molecule has 1 fully saturated rings. The van der Waals surface area contributed by atoms with E-state index in [2.05, 4.69) is 13.8 Å². The lowest BCUT2D eigenvalue weighted by atomic mass is 9.94. The summed E-state index contributed by atoms with van der Waals surface area (Å²) in [6.07, 6.45) is 13.3. The molecule has 1 aliphatic rings. The Morgan fingerprint density at radius 1 is 0.558 bits per heavy atom. The second kappa shape index (κ2) is 17.0. The largest absolute Gasteiger partial charge is 0.352 e. The van der Waals surface area contributed by atoms with E-state index in [1.165, 1.54) is 38.5 Å². The fourth-order valence-electron chi connectivity index (χ4n) is 5.84. The summed E-state index contributed by atoms with van der Waals surface area (Å²) in [5.74, 6) is -3.93. The maximum atomic E-state index is 15.3. The maximum Gasteiger partial charge on any atom is 0.166 e. The monoisotopic (exact) mass is 598 g/mol. The number of halogens is 4. The highest BCUT2D eigenvalue weighted by atomic mass is 19.2. The van der Waals surface area contributed by atoms with Crippen LogP contribution in [0.2, 0.25) is 0 Å². The third kappa shape index (κ3) is 8.92. The van der Waals surface area contributed by atoms with Crippen LogP contribution in [0.1, 0.15) is 108 Å². The van der Waals surface area contributed by atoms with Gasteiger partial charge in [0.05, 0.1) is 13.2 Å². The van der Waals surface area contributed by atoms with E-state index < -0.39 is 23.3 Å². The topological polar surface area (TPSA) is 18.5 Å². The van der Waals surface area contributed by atoms with Crippen LogP contribution in [0.5, 0.6) is 0 Å². The van der Waals surface area contributed by atoms with Crippen molar-refractivity contribution in [3.05, 3.63) is 82.9 Å². The average molecular weight is 599 g/mol. The Morgan fingerprint density at radius 3 is 1.67 bits per heavy atom. The van der Waals surface area contributed by atoms with Gasteiger partial charge in [-0.3, -0.25) is 0 Å². The highest BCUT2D eigenvalue weighted by Crippen LogP contribution is 2.34. The lowest BCUT2D eigenvalue weighted by Crippen LogP contribution is -2.31. The molecule has 0 spiro atoms. The molecule has 3 aromatic rings. The van der Waals surface area contributed by atoms with Crippen LogP contribution < -0.4 is 0 Å². The van der Waals surface area contributed by atoms with Gasteiger partial charge in [0.15, 0.2) is 29.6 Å². The van der Waals surface area contributed by atoms with Crippen LogP contribution in [0.25, 0.3) is 22.3 Å². The number of benzene rings is 3. The van der Waals surface area contributed by atoms with Crippen molar-refractivity contribution in [2.24, 2.45) is 0 Å². The predicted molar refractivity (Wildman–Crippen MR) is 166 cm³/mol. The van der Waals surface area contributed by atoms with Crippen molar-refractivity contribution in [1.29, 1.82) is 0 Å². The van der Waals surface area contributed by atoms with Gasteiger partial charge in [-0.15, -0.1) is 0 Å². The Balaban J connectivity index is 1.37. The number of hydrogen-bond acceptors (Lipinski definition) is 2. The van der Waals surface area contributed by atoms with E-state index in [-0.39, 0.29) is 42.1 Å². The number of aryl methyl sites for hydroxylation is 1. The fourth-order valence-corrected chi connectivity index (χ4v) is 5.84. The Labute approximate surface area is 254 Å². The first-order valence-electron chi connectivity index (χ1n) is 16.2. The lowest BCUT2D eigenvalue weighted by molar-refractivity contribution is -0.190. The number of rotatable bonds is 16. The lowest BCUT2D eigenvalue weighted by Gasteiger charge is -2.30. The van der Waals surface area contributed by atoms with Gasteiger partial charge in [-0.2, -0.15) is 0 Å². The van der Waals surface area contributed by atoms with Crippen LogP contribution in [0.3, 0.4) is 0 Å². The van der Waals surface area contributed by atoms with E-state index in [4.69, 9.17) is 9.47 Å². The molecule has 6 heteroatoms. The molecule has 0 radical (unpaired) electrons. The van der Waals surface area contributed by atoms with Gasteiger partial charge in [-0.1, -0.05) is 120 Å². The molecule has 0 N–H and O–H groups in total. The van der Waals surface area contributed by atoms with Crippen molar-refractivity contribution in [1.82, 2.24) is 0 Å². The first-order chi connectivity index (χ1) is 20.9. The van der Waals surface area contributed by atoms with Crippen molar-refractivity contribution < 1.29 is 27.0 Å². The molecule has 0 aliphatic carbocycles. The predicted octanol–water partition coefficient (Wildman–Crippen LogP) is 11.3. The van der Waals surface area contributed by atoms with Gasteiger partial charge < -0.3 is 9.47 Å². The summed E-state index contributed by atoms with van der Waals surface area (Å²) < 4.78 is 71.9. The summed E-state index contributed by atoms with van der Waals surface area (Å²) >= 11 is 0. The van der Waals surface area contributed by atoms with Crippen molar-refractivity contribution in [2.75, 3.05) is 13.2 Å². The van der Waals surface area contributed by atoms with Gasteiger partial charge >= 0.3 is 0 Å². The molecule has 0 unspecified atom stereocenters. The minimum absolute atomic E-state index is 0.108. The third-order valence-corrected chi connectivity index (χ3v) is 8.53. The van der Waals surface area contributed by atoms with Crippen molar-refractivity contribution in [2.45, 2.75) is 110 Å². The van der Waals surface area contributed by atoms with Crippen molar-refractivity contribution >= 4 is 0 Å². The molecule has 3 aromatic carbocycles. The summed E-state index contributed by atoms with van der Waals surface area (Å²) in [6, 6.07) is 12.8. The van der Waals surface area contributed by atoms with Gasteiger partial charge in [0.2, 0.25) is 0 Å². The molecule has 4 rings (SSSR count). The molecule has 43 heavy (non-hydrogen) atoms. The molecule has 0 bridgehead atoms. The second-order valence-corrected chi connectivity index (χ2v) is 11.8. The van der Waals surface area contributed by atoms with Gasteiger partial charge in [0, 0.05) is 17.0 Å². The summed E-state index contributed by atoms with van der Waals surface area (Å²) in [5.41, 5.74) is 1.80. The molecular weight excluding hydrogens is 552 g/mol. The summed E-state index contributed by atoms with van der Waals surface area (Å²) in [7, 11) is 0. The van der Waals surface area contributed by atoms with Crippen LogP contribution >= 0.6 is 0 Å². The molecule has 2 nitrogen and oxygen atoms in total. The smallest absolute Gasteiger partial charge is 0.166 e. The van der Waals surface area contributed by atoms with Crippen LogP contribution in [-0.2, 0) is 15.9 Å². The summed E-state index contributed by atoms with van der Waals surface area (Å²) in [6.45, 7) is 4.91. The van der Waals surface area contributed by atoms with Crippen molar-refractivity contribution in [3.63, 3.8) is 0 Å². The highest BCUT2D eigenvalue weighted by molar-refractivity contribution is 5.71. The molecule has 0 saturated carbocycles. The third-order valence-electron chi connectivity index (χ3n) is 8.53. The van der Waals surface area contributed by atoms with Gasteiger partial charge in [-0.05, 0) is 47.9 Å². The van der Waals surface area contributed by atoms with Gasteiger partial charge in [-0.25, -0.2) is 17.6 Å². The second-order valence-electron chi connectivity index (χ2n) is 11.8. The van der Waals surface area contributed by atoms with Crippen LogP contribution in [0.15, 0.2) is 48.5 Å². The average Bonchev–Trinajstić information content (AvgIpc) is 3.03. The minimum atomic E-state index is -0.945. The zero-order chi connectivity index (χ0) is 30.6. The van der Waals surface area contributed by atoms with E-state index in [1.807, 2.05) is 0 Å². The van der Waals surface area contributed by atoms with Crippen LogP contribution in [-0.4, -0.2) is 19.5 Å². The fraction of sp³-hybridized carbons (Fsp3) is 0.514. The van der Waals surface area contributed by atoms with Gasteiger partial charge in [0.1, 0.15) is 0 Å². The van der Waals surface area contributed by atoms with E-state index in [0.717, 1.165) is 38.5 Å². The van der Waals surface area contributed by atoms with E-state index in [1.54, 1.807) is 48.5 Å². The first kappa shape index (κ1) is 33.2. The number of ether oxygens (including phenoxy) is 2. The minimum Gasteiger partial charge on any atom is -0.352 e. The molecule has 0 aromatic heterocycles. The highest BCUT2D eigenvalue weighted by Gasteiger charge is 2.27. The SMILES string of the molecule is CCCCCCCCc1ccc(-c2ccc(-c3ccc(C4COC(CCCCCCC)OC4)c(F)c3F)cc2)c(F)c1F. The van der Waals surface area contributed by atoms with E-state index in [0.29, 0.717) is 23.1 Å². The number of hydrogen-bond donors (Lipinski definition) is 0. The quantitative estimate of drug-likeness (QED) is 0.121. The normalized spacial score (nSPS) is 17.0. The molecule has 1 heterocycles. The summed E-state index contributed by atoms with van der Waals surface area (Å²) in [5, 5.41) is 0. The number of unbranched alkanes of at least 4 members (excludes halogenated alkanes) is 9. The van der Waals surface area contributed by atoms with Gasteiger partial charge in [0.25, 0.3) is 0 Å². The molecule has 1 saturated heterocycles. The zero-order valence-corrected chi connectivity index (χ0v) is 25.7. The Bertz CT molecular complexity index is 1280. The zero-order valence-electron chi connectivity index (χ0n) is 25.7. The standard InChI is InChI=1S/C37H46F4O2/c1-3-5-7-9-11-12-14-28-20-21-30(35(39)34(28)38)26-16-18-27(19-17-26)31-22-23-32(37(41)36(31)40)29-24-42-33(43-25-29)15-13-10-8-6-4-2/h16-23,29,33H,3-15,24-25H2,1-2H3. The molecule has 0 amide bonds.